The zero-order valence-corrected chi connectivity index (χ0v) is 11.6. The quantitative estimate of drug-likeness (QED) is 0.476. The summed E-state index contributed by atoms with van der Waals surface area (Å²) >= 11 is 0. The Bertz CT molecular complexity index is 704. The van der Waals surface area contributed by atoms with Gasteiger partial charge in [-0.05, 0) is 18.6 Å². The topological polar surface area (TPSA) is 65.4 Å². The highest BCUT2D eigenvalue weighted by Gasteiger charge is 2.21. The number of hydrogen-bond donors (Lipinski definition) is 0. The van der Waals surface area contributed by atoms with Crippen molar-refractivity contribution in [1.82, 2.24) is 4.57 Å². The van der Waals surface area contributed by atoms with E-state index in [2.05, 4.69) is 0 Å². The van der Waals surface area contributed by atoms with Crippen LogP contribution in [-0.4, -0.2) is 22.9 Å². The van der Waals surface area contributed by atoms with E-state index in [4.69, 9.17) is 4.74 Å². The fourth-order valence-electron chi connectivity index (χ4n) is 1.95. The molecule has 0 bridgehead atoms. The van der Waals surface area contributed by atoms with Crippen LogP contribution >= 0.6 is 0 Å². The third-order valence-electron chi connectivity index (χ3n) is 2.93. The van der Waals surface area contributed by atoms with E-state index in [1.807, 2.05) is 30.3 Å². The van der Waals surface area contributed by atoms with Gasteiger partial charge in [-0.3, -0.25) is 9.59 Å². The van der Waals surface area contributed by atoms with Crippen molar-refractivity contribution in [2.24, 2.45) is 0 Å². The van der Waals surface area contributed by atoms with Crippen LogP contribution in [0.1, 0.15) is 23.0 Å². The minimum absolute atomic E-state index is 0.0322. The van der Waals surface area contributed by atoms with Crippen molar-refractivity contribution in [2.75, 3.05) is 6.61 Å². The van der Waals surface area contributed by atoms with Gasteiger partial charge in [0.05, 0.1) is 18.8 Å². The number of esters is 1. The summed E-state index contributed by atoms with van der Waals surface area (Å²) in [4.78, 5) is 35.6. The molecule has 0 aliphatic rings. The summed E-state index contributed by atoms with van der Waals surface area (Å²) in [6, 6.07) is 13.5. The lowest BCUT2D eigenvalue weighted by molar-refractivity contribution is -0.137. The number of pyridine rings is 1. The van der Waals surface area contributed by atoms with Gasteiger partial charge in [-0.1, -0.05) is 36.4 Å². The molecule has 5 nitrogen and oxygen atoms in total. The van der Waals surface area contributed by atoms with Crippen LogP contribution in [0, 0.1) is 0 Å². The first-order chi connectivity index (χ1) is 10.1. The van der Waals surface area contributed by atoms with E-state index in [-0.39, 0.29) is 24.4 Å². The van der Waals surface area contributed by atoms with Gasteiger partial charge < -0.3 is 9.30 Å². The zero-order chi connectivity index (χ0) is 15.2. The molecule has 1 aromatic carbocycles. The largest absolute Gasteiger partial charge is 0.460 e. The van der Waals surface area contributed by atoms with Crippen molar-refractivity contribution in [3.8, 4) is 0 Å². The maximum atomic E-state index is 12.1. The summed E-state index contributed by atoms with van der Waals surface area (Å²) in [6.07, 6.45) is 0. The van der Waals surface area contributed by atoms with Gasteiger partial charge >= 0.3 is 5.97 Å². The monoisotopic (exact) mass is 285 g/mol. The van der Waals surface area contributed by atoms with Gasteiger partial charge in [0.2, 0.25) is 0 Å². The van der Waals surface area contributed by atoms with Crippen LogP contribution in [0.15, 0.2) is 53.3 Å². The Morgan fingerprint density at radius 2 is 1.76 bits per heavy atom. The summed E-state index contributed by atoms with van der Waals surface area (Å²) in [5.74, 6) is -1.77. The van der Waals surface area contributed by atoms with E-state index in [1.165, 1.54) is 22.8 Å². The number of ketones is 1. The van der Waals surface area contributed by atoms with Gasteiger partial charge in [0.15, 0.2) is 0 Å². The van der Waals surface area contributed by atoms with Gasteiger partial charge in [0, 0.05) is 6.07 Å². The highest BCUT2D eigenvalue weighted by Crippen LogP contribution is 2.06. The number of hydrogen-bond acceptors (Lipinski definition) is 4. The maximum absolute atomic E-state index is 12.1. The lowest BCUT2D eigenvalue weighted by Crippen LogP contribution is -2.29. The number of benzene rings is 1. The SMILES string of the molecule is CCOC(=O)C(=O)c1cccc(=O)n1Cc1ccccc1. The molecule has 0 N–H and O–H groups in total. The van der Waals surface area contributed by atoms with E-state index in [1.54, 1.807) is 6.92 Å². The number of rotatable bonds is 5. The smallest absolute Gasteiger partial charge is 0.381 e. The van der Waals surface area contributed by atoms with Gasteiger partial charge in [-0.2, -0.15) is 0 Å². The number of aromatic nitrogens is 1. The van der Waals surface area contributed by atoms with Crippen molar-refractivity contribution in [1.29, 1.82) is 0 Å². The molecule has 0 spiro atoms. The van der Waals surface area contributed by atoms with Gasteiger partial charge in [-0.25, -0.2) is 4.79 Å². The molecule has 0 saturated heterocycles. The molecule has 0 aliphatic carbocycles. The van der Waals surface area contributed by atoms with Crippen LogP contribution in [0.4, 0.5) is 0 Å². The zero-order valence-electron chi connectivity index (χ0n) is 11.6. The molecular weight excluding hydrogens is 270 g/mol. The molecule has 2 aromatic rings. The summed E-state index contributed by atoms with van der Waals surface area (Å²) in [7, 11) is 0. The number of Topliss-reactive ketones (excluding diaryl/α,β-unsaturated/α-hetero) is 1. The van der Waals surface area contributed by atoms with Gasteiger partial charge in [-0.15, -0.1) is 0 Å². The Balaban J connectivity index is 2.39. The molecular formula is C16H15NO4. The minimum Gasteiger partial charge on any atom is -0.460 e. The molecule has 0 amide bonds. The van der Waals surface area contributed by atoms with Crippen molar-refractivity contribution in [3.63, 3.8) is 0 Å². The second-order valence-electron chi connectivity index (χ2n) is 4.37. The fraction of sp³-hybridized carbons (Fsp3) is 0.188. The first kappa shape index (κ1) is 14.7. The lowest BCUT2D eigenvalue weighted by atomic mass is 10.2. The molecule has 21 heavy (non-hydrogen) atoms. The van der Waals surface area contributed by atoms with Crippen LogP contribution in [0.2, 0.25) is 0 Å². The third-order valence-corrected chi connectivity index (χ3v) is 2.93. The Labute approximate surface area is 121 Å². The molecule has 5 heteroatoms. The predicted molar refractivity (Wildman–Crippen MR) is 77.2 cm³/mol. The molecule has 0 radical (unpaired) electrons. The molecule has 1 aromatic heterocycles. The second kappa shape index (κ2) is 6.65. The summed E-state index contributed by atoms with van der Waals surface area (Å²) < 4.78 is 5.97. The third kappa shape index (κ3) is 3.45. The van der Waals surface area contributed by atoms with Crippen LogP contribution in [0.3, 0.4) is 0 Å². The second-order valence-corrected chi connectivity index (χ2v) is 4.37. The molecule has 108 valence electrons. The molecule has 2 rings (SSSR count). The molecule has 0 fully saturated rings. The van der Waals surface area contributed by atoms with E-state index < -0.39 is 11.8 Å². The van der Waals surface area contributed by atoms with E-state index in [0.29, 0.717) is 0 Å². The van der Waals surface area contributed by atoms with Gasteiger partial charge in [0.1, 0.15) is 0 Å². The van der Waals surface area contributed by atoms with Crippen LogP contribution in [-0.2, 0) is 16.1 Å². The number of carbonyl (C=O) groups is 2. The predicted octanol–water partition coefficient (Wildman–Crippen LogP) is 1.64. The van der Waals surface area contributed by atoms with Crippen molar-refractivity contribution < 1.29 is 14.3 Å². The van der Waals surface area contributed by atoms with Crippen LogP contribution in [0.25, 0.3) is 0 Å². The van der Waals surface area contributed by atoms with Crippen LogP contribution < -0.4 is 5.56 Å². The number of carbonyl (C=O) groups excluding carboxylic acids is 2. The standard InChI is InChI=1S/C16H15NO4/c1-2-21-16(20)15(19)13-9-6-10-14(18)17(13)11-12-7-4-3-5-8-12/h3-10H,2,11H2,1H3. The Kier molecular flexibility index (Phi) is 4.66. The highest BCUT2D eigenvalue weighted by molar-refractivity contribution is 6.40. The van der Waals surface area contributed by atoms with Gasteiger partial charge in [0.25, 0.3) is 11.3 Å². The first-order valence-electron chi connectivity index (χ1n) is 6.58. The summed E-state index contributed by atoms with van der Waals surface area (Å²) in [5.41, 5.74) is 0.558. The Morgan fingerprint density at radius 3 is 2.43 bits per heavy atom. The molecule has 1 heterocycles. The first-order valence-corrected chi connectivity index (χ1v) is 6.58. The van der Waals surface area contributed by atoms with Crippen molar-refractivity contribution >= 4 is 11.8 Å². The van der Waals surface area contributed by atoms with E-state index in [9.17, 15) is 14.4 Å². The summed E-state index contributed by atoms with van der Waals surface area (Å²) in [5, 5.41) is 0. The van der Waals surface area contributed by atoms with Crippen LogP contribution in [0.5, 0.6) is 0 Å². The molecule has 0 unspecified atom stereocenters. The fourth-order valence-corrected chi connectivity index (χ4v) is 1.95. The Hall–Kier alpha value is -2.69. The number of ether oxygens (including phenoxy) is 1. The van der Waals surface area contributed by atoms with Crippen molar-refractivity contribution in [2.45, 2.75) is 13.5 Å². The molecule has 0 saturated carbocycles. The molecule has 0 aliphatic heterocycles. The normalized spacial score (nSPS) is 10.1. The average molecular weight is 285 g/mol. The molecule has 0 atom stereocenters. The lowest BCUT2D eigenvalue weighted by Gasteiger charge is -2.11. The highest BCUT2D eigenvalue weighted by atomic mass is 16.5. The minimum atomic E-state index is -0.954. The maximum Gasteiger partial charge on any atom is 0.381 e. The van der Waals surface area contributed by atoms with E-state index >= 15 is 0 Å². The van der Waals surface area contributed by atoms with Crippen molar-refractivity contribution in [3.05, 3.63) is 70.1 Å². The number of nitrogens with zero attached hydrogens (tertiary/aromatic N) is 1. The summed E-state index contributed by atoms with van der Waals surface area (Å²) in [6.45, 7) is 1.95. The Morgan fingerprint density at radius 1 is 1.05 bits per heavy atom. The van der Waals surface area contributed by atoms with E-state index in [0.717, 1.165) is 5.56 Å². The average Bonchev–Trinajstić information content (AvgIpc) is 2.50.